The van der Waals surface area contributed by atoms with E-state index in [1.807, 2.05) is 45.9 Å². The minimum Gasteiger partial charge on any atom is -0.242 e. The highest BCUT2D eigenvalue weighted by atomic mass is 32.2. The van der Waals surface area contributed by atoms with Gasteiger partial charge >= 0.3 is 0 Å². The van der Waals surface area contributed by atoms with Gasteiger partial charge in [0.25, 0.3) is 0 Å². The zero-order chi connectivity index (χ0) is 13.1. The molecule has 0 amide bonds. The largest absolute Gasteiger partial charge is 0.242 e. The van der Waals surface area contributed by atoms with Crippen LogP contribution in [0.15, 0.2) is 24.3 Å². The second kappa shape index (κ2) is 5.44. The summed E-state index contributed by atoms with van der Waals surface area (Å²) in [6.45, 7) is 7.66. The Balaban J connectivity index is 2.88. The Hall–Kier alpha value is -1.18. The molecular weight excluding hydrogens is 232 g/mol. The number of hydrogen-bond acceptors (Lipinski definition) is 2. The quantitative estimate of drug-likeness (QED) is 0.896. The van der Waals surface area contributed by atoms with E-state index < -0.39 is 11.0 Å². The molecule has 1 rings (SSSR count). The van der Waals surface area contributed by atoms with E-state index in [-0.39, 0.29) is 10.8 Å². The highest BCUT2D eigenvalue weighted by molar-refractivity contribution is 7.84. The summed E-state index contributed by atoms with van der Waals surface area (Å²) >= 11 is 0. The average Bonchev–Trinajstić information content (AvgIpc) is 2.27. The van der Waals surface area contributed by atoms with Gasteiger partial charge in [0, 0.05) is 6.04 Å². The Morgan fingerprint density at radius 2 is 1.94 bits per heavy atom. The number of rotatable bonds is 3. The number of nitrogens with one attached hydrogen (secondary N) is 1. The molecular formula is C13H18N2OS. The van der Waals surface area contributed by atoms with E-state index >= 15 is 0 Å². The maximum atomic E-state index is 12.0. The fourth-order valence-electron chi connectivity index (χ4n) is 1.38. The van der Waals surface area contributed by atoms with E-state index in [4.69, 9.17) is 5.26 Å². The predicted octanol–water partition coefficient (Wildman–Crippen LogP) is 2.67. The third kappa shape index (κ3) is 3.65. The summed E-state index contributed by atoms with van der Waals surface area (Å²) in [5.74, 6) is 0. The highest BCUT2D eigenvalue weighted by Crippen LogP contribution is 2.19. The molecule has 0 spiro atoms. The molecule has 0 bridgehead atoms. The van der Waals surface area contributed by atoms with Gasteiger partial charge in [0.1, 0.15) is 0 Å². The molecule has 0 aromatic heterocycles. The van der Waals surface area contributed by atoms with Crippen LogP contribution >= 0.6 is 0 Å². The lowest BCUT2D eigenvalue weighted by molar-refractivity contribution is 0.616. The van der Waals surface area contributed by atoms with Gasteiger partial charge in [-0.25, -0.2) is 8.93 Å². The van der Waals surface area contributed by atoms with Gasteiger partial charge in [0.15, 0.2) is 0 Å². The van der Waals surface area contributed by atoms with Crippen LogP contribution in [0.25, 0.3) is 0 Å². The van der Waals surface area contributed by atoms with Crippen LogP contribution < -0.4 is 4.72 Å². The van der Waals surface area contributed by atoms with Crippen LogP contribution in [0.1, 0.15) is 44.9 Å². The van der Waals surface area contributed by atoms with Crippen molar-refractivity contribution in [2.24, 2.45) is 0 Å². The maximum absolute atomic E-state index is 12.0. The molecule has 4 heteroatoms. The summed E-state index contributed by atoms with van der Waals surface area (Å²) in [7, 11) is -1.14. The van der Waals surface area contributed by atoms with Gasteiger partial charge in [-0.3, -0.25) is 0 Å². The normalized spacial score (nSPS) is 15.0. The molecule has 1 aromatic carbocycles. The van der Waals surface area contributed by atoms with Gasteiger partial charge in [-0.2, -0.15) is 5.26 Å². The first-order chi connectivity index (χ1) is 7.86. The molecule has 0 heterocycles. The Bertz CT molecular complexity index is 457. The Kier molecular flexibility index (Phi) is 4.44. The van der Waals surface area contributed by atoms with Crippen molar-refractivity contribution in [3.63, 3.8) is 0 Å². The van der Waals surface area contributed by atoms with Crippen LogP contribution in [0.4, 0.5) is 0 Å². The standard InChI is InChI=1S/C13H18N2OS/c1-10(15-17(16)13(2,3)4)12-8-6-5-7-11(12)9-14/h5-8,10,15H,1-4H3/t10?,17-/m1/s1. The monoisotopic (exact) mass is 250 g/mol. The highest BCUT2D eigenvalue weighted by Gasteiger charge is 2.22. The summed E-state index contributed by atoms with van der Waals surface area (Å²) < 4.78 is 14.7. The molecule has 0 saturated carbocycles. The summed E-state index contributed by atoms with van der Waals surface area (Å²) in [6.07, 6.45) is 0. The Labute approximate surface area is 105 Å². The number of nitrogens with zero attached hydrogens (tertiary/aromatic N) is 1. The van der Waals surface area contributed by atoms with Crippen molar-refractivity contribution in [2.75, 3.05) is 0 Å². The van der Waals surface area contributed by atoms with Crippen molar-refractivity contribution in [3.8, 4) is 6.07 Å². The molecule has 1 aromatic rings. The predicted molar refractivity (Wildman–Crippen MR) is 70.6 cm³/mol. The van der Waals surface area contributed by atoms with E-state index in [1.54, 1.807) is 6.07 Å². The van der Waals surface area contributed by atoms with Crippen molar-refractivity contribution in [2.45, 2.75) is 38.5 Å². The fraction of sp³-hybridized carbons (Fsp3) is 0.462. The lowest BCUT2D eigenvalue weighted by Crippen LogP contribution is -2.35. The van der Waals surface area contributed by atoms with Gasteiger partial charge in [0.2, 0.25) is 0 Å². The molecule has 0 aliphatic heterocycles. The topological polar surface area (TPSA) is 52.9 Å². The van der Waals surface area contributed by atoms with E-state index in [0.29, 0.717) is 5.56 Å². The van der Waals surface area contributed by atoms with Crippen LogP contribution in [0.5, 0.6) is 0 Å². The van der Waals surface area contributed by atoms with Gasteiger partial charge < -0.3 is 0 Å². The van der Waals surface area contributed by atoms with Gasteiger partial charge in [-0.1, -0.05) is 18.2 Å². The van der Waals surface area contributed by atoms with Crippen molar-refractivity contribution >= 4 is 11.0 Å². The van der Waals surface area contributed by atoms with Crippen LogP contribution in [-0.4, -0.2) is 8.96 Å². The fourth-order valence-corrected chi connectivity index (χ4v) is 2.18. The lowest BCUT2D eigenvalue weighted by atomic mass is 10.0. The van der Waals surface area contributed by atoms with Crippen LogP contribution in [0.3, 0.4) is 0 Å². The molecule has 1 N–H and O–H groups in total. The third-order valence-electron chi connectivity index (χ3n) is 2.39. The van der Waals surface area contributed by atoms with Gasteiger partial charge in [-0.15, -0.1) is 0 Å². The maximum Gasteiger partial charge on any atom is 0.0995 e. The van der Waals surface area contributed by atoms with E-state index in [2.05, 4.69) is 10.8 Å². The zero-order valence-corrected chi connectivity index (χ0v) is 11.5. The average molecular weight is 250 g/mol. The molecule has 17 heavy (non-hydrogen) atoms. The van der Waals surface area contributed by atoms with E-state index in [0.717, 1.165) is 5.56 Å². The molecule has 0 aliphatic carbocycles. The van der Waals surface area contributed by atoms with Crippen LogP contribution in [0, 0.1) is 11.3 Å². The Morgan fingerprint density at radius 3 is 2.47 bits per heavy atom. The minimum absolute atomic E-state index is 0.106. The molecule has 0 fully saturated rings. The molecule has 3 nitrogen and oxygen atoms in total. The zero-order valence-electron chi connectivity index (χ0n) is 10.7. The number of hydrogen-bond donors (Lipinski definition) is 1. The van der Waals surface area contributed by atoms with E-state index in [1.165, 1.54) is 0 Å². The van der Waals surface area contributed by atoms with Crippen molar-refractivity contribution in [1.82, 2.24) is 4.72 Å². The van der Waals surface area contributed by atoms with Crippen LogP contribution in [-0.2, 0) is 11.0 Å². The summed E-state index contributed by atoms with van der Waals surface area (Å²) in [6, 6.07) is 9.41. The van der Waals surface area contributed by atoms with Crippen LogP contribution in [0.2, 0.25) is 0 Å². The second-order valence-electron chi connectivity index (χ2n) is 4.92. The minimum atomic E-state index is -1.14. The first-order valence-electron chi connectivity index (χ1n) is 5.53. The van der Waals surface area contributed by atoms with E-state index in [9.17, 15) is 4.21 Å². The first-order valence-corrected chi connectivity index (χ1v) is 6.68. The van der Waals surface area contributed by atoms with Crippen molar-refractivity contribution in [1.29, 1.82) is 5.26 Å². The van der Waals surface area contributed by atoms with Crippen molar-refractivity contribution in [3.05, 3.63) is 35.4 Å². The molecule has 0 aliphatic rings. The molecule has 92 valence electrons. The SMILES string of the molecule is CC(N[S@](=O)C(C)(C)C)c1ccccc1C#N. The smallest absolute Gasteiger partial charge is 0.0995 e. The number of benzene rings is 1. The Morgan fingerprint density at radius 1 is 1.35 bits per heavy atom. The molecule has 1 unspecified atom stereocenters. The molecule has 0 saturated heterocycles. The summed E-state index contributed by atoms with van der Waals surface area (Å²) in [5, 5.41) is 9.01. The molecule has 2 atom stereocenters. The second-order valence-corrected chi connectivity index (χ2v) is 6.92. The van der Waals surface area contributed by atoms with Gasteiger partial charge in [0.05, 0.1) is 27.4 Å². The third-order valence-corrected chi connectivity index (χ3v) is 4.07. The number of nitriles is 1. The first kappa shape index (κ1) is 13.9. The summed E-state index contributed by atoms with van der Waals surface area (Å²) in [4.78, 5) is 0. The lowest BCUT2D eigenvalue weighted by Gasteiger charge is -2.22. The van der Waals surface area contributed by atoms with Gasteiger partial charge in [-0.05, 0) is 39.3 Å². The van der Waals surface area contributed by atoms with Crippen molar-refractivity contribution < 1.29 is 4.21 Å². The molecule has 0 radical (unpaired) electrons. The summed E-state index contributed by atoms with van der Waals surface area (Å²) in [5.41, 5.74) is 1.51.